The molecule has 0 bridgehead atoms. The van der Waals surface area contributed by atoms with Crippen LogP contribution in [0.3, 0.4) is 0 Å². The maximum absolute atomic E-state index is 12.1. The van der Waals surface area contributed by atoms with Crippen molar-refractivity contribution in [2.24, 2.45) is 0 Å². The smallest absolute Gasteiger partial charge is 0.298 e. The van der Waals surface area contributed by atoms with Gasteiger partial charge in [0.2, 0.25) is 11.6 Å². The average Bonchev–Trinajstić information content (AvgIpc) is 2.93. The second kappa shape index (κ2) is 7.77. The molecule has 1 aromatic heterocycles. The highest BCUT2D eigenvalue weighted by molar-refractivity contribution is 7.99. The van der Waals surface area contributed by atoms with Crippen LogP contribution in [-0.4, -0.2) is 16.9 Å². The first kappa shape index (κ1) is 17.6. The Labute approximate surface area is 157 Å². The lowest BCUT2D eigenvalue weighted by Gasteiger charge is -2.05. The van der Waals surface area contributed by atoms with Gasteiger partial charge < -0.3 is 14.9 Å². The topological polar surface area (TPSA) is 82.1 Å². The molecule has 0 saturated heterocycles. The van der Waals surface area contributed by atoms with Crippen molar-refractivity contribution >= 4 is 46.6 Å². The monoisotopic (exact) mass is 395 g/mol. The molecule has 0 spiro atoms. The van der Waals surface area contributed by atoms with E-state index in [-0.39, 0.29) is 16.7 Å². The van der Waals surface area contributed by atoms with E-state index in [2.05, 4.69) is 10.6 Å². The minimum Gasteiger partial charge on any atom is -0.538 e. The fourth-order valence-electron chi connectivity index (χ4n) is 2.05. The van der Waals surface area contributed by atoms with E-state index < -0.39 is 5.95 Å². The molecule has 128 valence electrons. The van der Waals surface area contributed by atoms with Crippen LogP contribution >= 0.6 is 35.0 Å². The summed E-state index contributed by atoms with van der Waals surface area (Å²) in [4.78, 5) is 12.1. The van der Waals surface area contributed by atoms with Crippen molar-refractivity contribution in [1.82, 2.24) is 5.27 Å². The maximum Gasteiger partial charge on any atom is 0.298 e. The van der Waals surface area contributed by atoms with Crippen LogP contribution in [0.15, 0.2) is 58.1 Å². The molecule has 0 aliphatic heterocycles. The molecule has 0 radical (unpaired) electrons. The van der Waals surface area contributed by atoms with Gasteiger partial charge in [0.15, 0.2) is 5.95 Å². The second-order valence-electron chi connectivity index (χ2n) is 4.91. The molecule has 9 heteroatoms. The van der Waals surface area contributed by atoms with Gasteiger partial charge in [-0.25, -0.2) is 0 Å². The Morgan fingerprint density at radius 2 is 1.88 bits per heavy atom. The van der Waals surface area contributed by atoms with Crippen molar-refractivity contribution in [3.8, 4) is 11.6 Å². The van der Waals surface area contributed by atoms with Gasteiger partial charge in [-0.1, -0.05) is 41.4 Å². The van der Waals surface area contributed by atoms with E-state index in [9.17, 15) is 9.90 Å². The first-order chi connectivity index (χ1) is 12.0. The van der Waals surface area contributed by atoms with Crippen LogP contribution < -0.4 is 15.1 Å². The van der Waals surface area contributed by atoms with Crippen LogP contribution in [0.2, 0.25) is 10.0 Å². The minimum atomic E-state index is -0.604. The van der Waals surface area contributed by atoms with Crippen molar-refractivity contribution in [2.45, 2.75) is 5.03 Å². The Balaban J connectivity index is 1.69. The number of amides is 1. The summed E-state index contributed by atoms with van der Waals surface area (Å²) in [5, 5.41) is 19.3. The quantitative estimate of drug-likeness (QED) is 0.530. The highest BCUT2D eigenvalue weighted by atomic mass is 35.5. The normalized spacial score (nSPS) is 10.6. The molecule has 1 N–H and O–H groups in total. The highest BCUT2D eigenvalue weighted by Gasteiger charge is 2.22. The Bertz CT molecular complexity index is 883. The van der Waals surface area contributed by atoms with E-state index >= 15 is 0 Å². The predicted octanol–water partition coefficient (Wildman–Crippen LogP) is 3.06. The third kappa shape index (κ3) is 4.45. The number of anilines is 1. The van der Waals surface area contributed by atoms with Crippen LogP contribution in [0, 0.1) is 0 Å². The summed E-state index contributed by atoms with van der Waals surface area (Å²) in [6.45, 7) is 0. The van der Waals surface area contributed by atoms with Crippen molar-refractivity contribution in [3.63, 3.8) is 0 Å². The predicted molar refractivity (Wildman–Crippen MR) is 93.3 cm³/mol. The Morgan fingerprint density at radius 3 is 2.56 bits per heavy atom. The van der Waals surface area contributed by atoms with Gasteiger partial charge >= 0.3 is 0 Å². The second-order valence-corrected chi connectivity index (χ2v) is 6.74. The number of hydrogen-bond donors (Lipinski definition) is 1. The van der Waals surface area contributed by atoms with E-state index in [0.29, 0.717) is 21.4 Å². The molecule has 0 saturated carbocycles. The summed E-state index contributed by atoms with van der Waals surface area (Å²) < 4.78 is 6.06. The summed E-state index contributed by atoms with van der Waals surface area (Å²) in [6, 6.07) is 13.8. The number of rotatable bonds is 5. The van der Waals surface area contributed by atoms with Crippen LogP contribution in [0.5, 0.6) is 5.95 Å². The number of carbonyl (C=O) groups is 1. The summed E-state index contributed by atoms with van der Waals surface area (Å²) in [5.74, 6) is -0.927. The summed E-state index contributed by atoms with van der Waals surface area (Å²) >= 11 is 12.8. The standard InChI is InChI=1S/C16H11Cl2N3O3S/c17-10-6-11(18)8-12(7-10)19-14(22)9-25-15-16(23)24-20-21(15)13-4-2-1-3-5-13/h1-8H,9H2,(H-,19,20,22,23). The molecule has 0 aliphatic carbocycles. The Hall–Kier alpha value is -2.22. The van der Waals surface area contributed by atoms with Gasteiger partial charge in [-0.3, -0.25) is 4.79 Å². The number of benzene rings is 2. The SMILES string of the molecule is O=C(CSc1c([O-])on[n+]1-c1ccccc1)Nc1cc(Cl)cc(Cl)c1. The van der Waals surface area contributed by atoms with Crippen molar-refractivity contribution in [1.29, 1.82) is 0 Å². The zero-order valence-corrected chi connectivity index (χ0v) is 14.9. The molecule has 2 aromatic carbocycles. The van der Waals surface area contributed by atoms with Gasteiger partial charge in [-0.05, 0) is 34.6 Å². The number of aromatic nitrogens is 2. The molecule has 0 aliphatic rings. The van der Waals surface area contributed by atoms with Crippen molar-refractivity contribution in [3.05, 3.63) is 58.6 Å². The third-order valence-electron chi connectivity index (χ3n) is 3.06. The zero-order valence-electron chi connectivity index (χ0n) is 12.6. The molecule has 0 fully saturated rings. The number of carbonyl (C=O) groups excluding carboxylic acids is 1. The van der Waals surface area contributed by atoms with Crippen LogP contribution in [0.4, 0.5) is 5.69 Å². The zero-order chi connectivity index (χ0) is 17.8. The molecule has 6 nitrogen and oxygen atoms in total. The summed E-state index contributed by atoms with van der Waals surface area (Å²) in [7, 11) is 0. The molecule has 0 atom stereocenters. The fourth-order valence-corrected chi connectivity index (χ4v) is 3.33. The van der Waals surface area contributed by atoms with E-state index in [1.165, 1.54) is 4.68 Å². The van der Waals surface area contributed by atoms with Crippen LogP contribution in [0.1, 0.15) is 0 Å². The number of para-hydroxylation sites is 1. The third-order valence-corrected chi connectivity index (χ3v) is 4.52. The molecule has 3 rings (SSSR count). The van der Waals surface area contributed by atoms with E-state index in [1.807, 2.05) is 18.2 Å². The van der Waals surface area contributed by atoms with Gasteiger partial charge in [-0.2, -0.15) is 0 Å². The largest absolute Gasteiger partial charge is 0.538 e. The molecule has 1 amide bonds. The summed E-state index contributed by atoms with van der Waals surface area (Å²) in [5.41, 5.74) is 1.14. The minimum absolute atomic E-state index is 0.00653. The maximum atomic E-state index is 12.1. The number of nitrogens with zero attached hydrogens (tertiary/aromatic N) is 2. The average molecular weight is 396 g/mol. The van der Waals surface area contributed by atoms with Crippen molar-refractivity contribution < 1.29 is 19.1 Å². The van der Waals surface area contributed by atoms with Gasteiger partial charge in [-0.15, -0.1) is 0 Å². The molecular formula is C16H11Cl2N3O3S. The lowest BCUT2D eigenvalue weighted by Crippen LogP contribution is -2.35. The van der Waals surface area contributed by atoms with Crippen molar-refractivity contribution in [2.75, 3.05) is 11.1 Å². The van der Waals surface area contributed by atoms with E-state index in [1.54, 1.807) is 30.3 Å². The van der Waals surface area contributed by atoms with Gasteiger partial charge in [0.05, 0.1) is 11.0 Å². The highest BCUT2D eigenvalue weighted by Crippen LogP contribution is 2.25. The van der Waals surface area contributed by atoms with Gasteiger partial charge in [0.25, 0.3) is 5.03 Å². The Morgan fingerprint density at radius 1 is 1.20 bits per heavy atom. The Kier molecular flexibility index (Phi) is 5.47. The summed E-state index contributed by atoms with van der Waals surface area (Å²) in [6.07, 6.45) is 0. The molecule has 1 heterocycles. The first-order valence-corrected chi connectivity index (χ1v) is 8.80. The van der Waals surface area contributed by atoms with Crippen LogP contribution in [-0.2, 0) is 4.79 Å². The number of hydrogen-bond acceptors (Lipinski definition) is 5. The number of halogens is 2. The molecule has 25 heavy (non-hydrogen) atoms. The molecular weight excluding hydrogens is 385 g/mol. The lowest BCUT2D eigenvalue weighted by molar-refractivity contribution is -0.705. The van der Waals surface area contributed by atoms with Crippen LogP contribution in [0.25, 0.3) is 5.69 Å². The fraction of sp³-hybridized carbons (Fsp3) is 0.0625. The molecule has 3 aromatic rings. The first-order valence-electron chi connectivity index (χ1n) is 7.06. The number of thioether (sulfide) groups is 1. The van der Waals surface area contributed by atoms with Gasteiger partial charge in [0.1, 0.15) is 0 Å². The van der Waals surface area contributed by atoms with E-state index in [0.717, 1.165) is 11.8 Å². The van der Waals surface area contributed by atoms with Gasteiger partial charge in [0, 0.05) is 27.9 Å². The molecule has 0 unspecified atom stereocenters. The van der Waals surface area contributed by atoms with E-state index in [4.69, 9.17) is 27.7 Å². The lowest BCUT2D eigenvalue weighted by atomic mass is 10.3. The number of nitrogens with one attached hydrogen (secondary N) is 1.